The van der Waals surface area contributed by atoms with Gasteiger partial charge in [0.2, 0.25) is 0 Å². The summed E-state index contributed by atoms with van der Waals surface area (Å²) in [5, 5.41) is 20.0. The fourth-order valence-electron chi connectivity index (χ4n) is 1.35. The van der Waals surface area contributed by atoms with Crippen LogP contribution < -0.4 is 5.32 Å². The molecule has 0 saturated carbocycles. The van der Waals surface area contributed by atoms with Crippen LogP contribution in [0.25, 0.3) is 0 Å². The number of carbonyl (C=O) groups is 1. The topological polar surface area (TPSA) is 99.2 Å². The molecule has 0 fully saturated rings. The Bertz CT molecular complexity index is 596. The summed E-state index contributed by atoms with van der Waals surface area (Å²) in [6.07, 6.45) is 1.41. The second-order valence-electron chi connectivity index (χ2n) is 3.50. The summed E-state index contributed by atoms with van der Waals surface area (Å²) in [6, 6.07) is 9.28. The van der Waals surface area contributed by atoms with Crippen LogP contribution in [-0.4, -0.2) is 16.1 Å². The van der Waals surface area contributed by atoms with Crippen molar-refractivity contribution < 1.29 is 14.3 Å². The number of aromatic nitrogens is 1. The van der Waals surface area contributed by atoms with E-state index in [4.69, 9.17) is 14.8 Å². The van der Waals surface area contributed by atoms with Crippen LogP contribution in [-0.2, 0) is 6.42 Å². The lowest BCUT2D eigenvalue weighted by atomic mass is 10.1. The maximum absolute atomic E-state index is 10.6. The summed E-state index contributed by atoms with van der Waals surface area (Å²) < 4.78 is 4.95. The number of nitrogens with one attached hydrogen (secondary N) is 1. The molecular weight excluding hydrogens is 234 g/mol. The molecule has 0 atom stereocenters. The molecule has 6 heteroatoms. The summed E-state index contributed by atoms with van der Waals surface area (Å²) in [7, 11) is 0. The van der Waals surface area contributed by atoms with E-state index in [0.717, 1.165) is 11.8 Å². The first-order chi connectivity index (χ1) is 8.69. The van der Waals surface area contributed by atoms with E-state index in [1.807, 2.05) is 0 Å². The van der Waals surface area contributed by atoms with Crippen molar-refractivity contribution >= 4 is 17.7 Å². The van der Waals surface area contributed by atoms with Gasteiger partial charge in [0, 0.05) is 5.69 Å². The van der Waals surface area contributed by atoms with E-state index in [-0.39, 0.29) is 11.7 Å². The Morgan fingerprint density at radius 2 is 2.17 bits per heavy atom. The predicted octanol–water partition coefficient (Wildman–Crippen LogP) is 2.18. The van der Waals surface area contributed by atoms with E-state index in [0.29, 0.717) is 12.1 Å². The number of nitrogens with zero attached hydrogens (tertiary/aromatic N) is 2. The minimum absolute atomic E-state index is 0.112. The molecule has 2 aromatic rings. The highest BCUT2D eigenvalue weighted by atomic mass is 16.4. The number of hydrogen-bond donors (Lipinski definition) is 2. The van der Waals surface area contributed by atoms with Gasteiger partial charge in [-0.05, 0) is 17.7 Å². The van der Waals surface area contributed by atoms with Gasteiger partial charge >= 0.3 is 5.97 Å². The first-order valence-electron chi connectivity index (χ1n) is 5.11. The third-order valence-electron chi connectivity index (χ3n) is 2.21. The SMILES string of the molecule is N#CCc1ccc(Nc2nc(C(=O)O)co2)cc1. The van der Waals surface area contributed by atoms with Gasteiger partial charge in [0.1, 0.15) is 6.26 Å². The maximum atomic E-state index is 10.6. The molecule has 0 aliphatic carbocycles. The number of oxazole rings is 1. The summed E-state index contributed by atoms with van der Waals surface area (Å²) in [5.41, 5.74) is 1.45. The predicted molar refractivity (Wildman–Crippen MR) is 62.5 cm³/mol. The molecule has 0 bridgehead atoms. The monoisotopic (exact) mass is 243 g/mol. The lowest BCUT2D eigenvalue weighted by molar-refractivity contribution is 0.0690. The van der Waals surface area contributed by atoms with Gasteiger partial charge in [-0.3, -0.25) is 0 Å². The van der Waals surface area contributed by atoms with Crippen molar-refractivity contribution in [1.82, 2.24) is 4.98 Å². The lowest BCUT2D eigenvalue weighted by Crippen LogP contribution is -1.97. The molecule has 0 radical (unpaired) electrons. The zero-order valence-electron chi connectivity index (χ0n) is 9.25. The third kappa shape index (κ3) is 2.65. The van der Waals surface area contributed by atoms with Gasteiger partial charge in [-0.25, -0.2) is 4.79 Å². The van der Waals surface area contributed by atoms with Crippen LogP contribution in [0.4, 0.5) is 11.7 Å². The minimum atomic E-state index is -1.14. The zero-order valence-corrected chi connectivity index (χ0v) is 9.25. The van der Waals surface area contributed by atoms with Crippen LogP contribution in [0, 0.1) is 11.3 Å². The average Bonchev–Trinajstić information content (AvgIpc) is 2.81. The Labute approximate surface area is 102 Å². The molecule has 1 aromatic carbocycles. The summed E-state index contributed by atoms with van der Waals surface area (Å²) in [4.78, 5) is 14.3. The normalized spacial score (nSPS) is 9.72. The molecule has 0 aliphatic rings. The molecular formula is C12H9N3O3. The molecule has 90 valence electrons. The average molecular weight is 243 g/mol. The van der Waals surface area contributed by atoms with E-state index in [9.17, 15) is 4.79 Å². The van der Waals surface area contributed by atoms with Gasteiger partial charge in [-0.1, -0.05) is 12.1 Å². The molecule has 1 aromatic heterocycles. The summed E-state index contributed by atoms with van der Waals surface area (Å²) in [6.45, 7) is 0. The van der Waals surface area contributed by atoms with E-state index >= 15 is 0 Å². The van der Waals surface area contributed by atoms with Gasteiger partial charge in [0.25, 0.3) is 6.01 Å². The fraction of sp³-hybridized carbons (Fsp3) is 0.0833. The second-order valence-corrected chi connectivity index (χ2v) is 3.50. The number of aromatic carboxylic acids is 1. The molecule has 2 N–H and O–H groups in total. The lowest BCUT2D eigenvalue weighted by Gasteiger charge is -2.01. The van der Waals surface area contributed by atoms with Crippen LogP contribution in [0.1, 0.15) is 16.1 Å². The van der Waals surface area contributed by atoms with Gasteiger partial charge in [-0.15, -0.1) is 0 Å². The molecule has 2 rings (SSSR count). The van der Waals surface area contributed by atoms with Crippen LogP contribution in [0.5, 0.6) is 0 Å². The quantitative estimate of drug-likeness (QED) is 0.853. The molecule has 1 heterocycles. The van der Waals surface area contributed by atoms with Crippen molar-refractivity contribution in [3.63, 3.8) is 0 Å². The smallest absolute Gasteiger partial charge is 0.357 e. The molecule has 6 nitrogen and oxygen atoms in total. The third-order valence-corrected chi connectivity index (χ3v) is 2.21. The number of carboxylic acids is 1. The van der Waals surface area contributed by atoms with Crippen LogP contribution in [0.15, 0.2) is 34.9 Å². The summed E-state index contributed by atoms with van der Waals surface area (Å²) in [5.74, 6) is -1.14. The highest BCUT2D eigenvalue weighted by molar-refractivity contribution is 5.85. The largest absolute Gasteiger partial charge is 0.476 e. The van der Waals surface area contributed by atoms with E-state index in [2.05, 4.69) is 16.4 Å². The number of rotatable bonds is 4. The minimum Gasteiger partial charge on any atom is -0.476 e. The van der Waals surface area contributed by atoms with Crippen molar-refractivity contribution in [2.45, 2.75) is 6.42 Å². The molecule has 18 heavy (non-hydrogen) atoms. The van der Waals surface area contributed by atoms with Crippen molar-refractivity contribution in [3.05, 3.63) is 41.8 Å². The highest BCUT2D eigenvalue weighted by Gasteiger charge is 2.10. The molecule has 0 saturated heterocycles. The fourth-order valence-corrected chi connectivity index (χ4v) is 1.35. The number of carboxylic acid groups (broad SMARTS) is 1. The number of hydrogen-bond acceptors (Lipinski definition) is 5. The van der Waals surface area contributed by atoms with Gasteiger partial charge in [-0.2, -0.15) is 10.2 Å². The first kappa shape index (κ1) is 11.7. The van der Waals surface area contributed by atoms with Crippen LogP contribution >= 0.6 is 0 Å². The Kier molecular flexibility index (Phi) is 3.25. The Balaban J connectivity index is 2.08. The Morgan fingerprint density at radius 3 is 2.72 bits per heavy atom. The zero-order chi connectivity index (χ0) is 13.0. The number of benzene rings is 1. The molecule has 0 amide bonds. The highest BCUT2D eigenvalue weighted by Crippen LogP contribution is 2.16. The summed E-state index contributed by atoms with van der Waals surface area (Å²) >= 11 is 0. The first-order valence-corrected chi connectivity index (χ1v) is 5.11. The van der Waals surface area contributed by atoms with Crippen molar-refractivity contribution in [3.8, 4) is 6.07 Å². The molecule has 0 aliphatic heterocycles. The van der Waals surface area contributed by atoms with E-state index < -0.39 is 5.97 Å². The van der Waals surface area contributed by atoms with Crippen molar-refractivity contribution in [1.29, 1.82) is 5.26 Å². The maximum Gasteiger partial charge on any atom is 0.357 e. The van der Waals surface area contributed by atoms with Crippen LogP contribution in [0.3, 0.4) is 0 Å². The van der Waals surface area contributed by atoms with Crippen LogP contribution in [0.2, 0.25) is 0 Å². The second kappa shape index (κ2) is 5.01. The van der Waals surface area contributed by atoms with Gasteiger partial charge < -0.3 is 14.8 Å². The number of anilines is 2. The Hall–Kier alpha value is -2.81. The Morgan fingerprint density at radius 1 is 1.44 bits per heavy atom. The van der Waals surface area contributed by atoms with Gasteiger partial charge in [0.15, 0.2) is 5.69 Å². The molecule has 0 spiro atoms. The standard InChI is InChI=1S/C12H9N3O3/c13-6-5-8-1-3-9(4-2-8)14-12-15-10(7-18-12)11(16)17/h1-4,7H,5H2,(H,14,15)(H,16,17). The van der Waals surface area contributed by atoms with E-state index in [1.165, 1.54) is 0 Å². The molecule has 0 unspecified atom stereocenters. The van der Waals surface area contributed by atoms with Crippen molar-refractivity contribution in [2.75, 3.05) is 5.32 Å². The van der Waals surface area contributed by atoms with E-state index in [1.54, 1.807) is 24.3 Å². The number of nitriles is 1. The van der Waals surface area contributed by atoms with Crippen molar-refractivity contribution in [2.24, 2.45) is 0 Å². The van der Waals surface area contributed by atoms with Gasteiger partial charge in [0.05, 0.1) is 12.5 Å².